The zero-order chi connectivity index (χ0) is 13.4. The van der Waals surface area contributed by atoms with Gasteiger partial charge in [0.05, 0.1) is 5.56 Å². The Bertz CT molecular complexity index is 687. The van der Waals surface area contributed by atoms with Gasteiger partial charge in [0.25, 0.3) is 0 Å². The van der Waals surface area contributed by atoms with Crippen LogP contribution in [0.5, 0.6) is 5.75 Å². The molecule has 0 spiro atoms. The van der Waals surface area contributed by atoms with Gasteiger partial charge in [-0.25, -0.2) is 0 Å². The number of hydrogen-bond donors (Lipinski definition) is 0. The van der Waals surface area contributed by atoms with E-state index in [-0.39, 0.29) is 5.78 Å². The number of rotatable bonds is 1. The summed E-state index contributed by atoms with van der Waals surface area (Å²) in [4.78, 5) is 16.3. The van der Waals surface area contributed by atoms with Gasteiger partial charge in [0.15, 0.2) is 5.76 Å². The van der Waals surface area contributed by atoms with Crippen LogP contribution in [-0.4, -0.2) is 10.8 Å². The molecule has 1 aliphatic heterocycles. The molecule has 1 aromatic carbocycles. The molecule has 94 valence electrons. The molecule has 2 heterocycles. The molecule has 0 N–H and O–H groups in total. The Labute approximate surface area is 111 Å². The van der Waals surface area contributed by atoms with Crippen molar-refractivity contribution in [2.24, 2.45) is 0 Å². The second kappa shape index (κ2) is 4.35. The SMILES string of the molecule is Cc1cc2c(cc1C)C(=O)/C(=C/c1cccnc1)O2. The lowest BCUT2D eigenvalue weighted by atomic mass is 10.0. The number of carbonyl (C=O) groups is 1. The van der Waals surface area contributed by atoms with Gasteiger partial charge >= 0.3 is 0 Å². The fraction of sp³-hybridized carbons (Fsp3) is 0.125. The number of carbonyl (C=O) groups excluding carboxylic acids is 1. The van der Waals surface area contributed by atoms with Gasteiger partial charge in [-0.2, -0.15) is 0 Å². The fourth-order valence-corrected chi connectivity index (χ4v) is 2.06. The number of pyridine rings is 1. The molecule has 2 aromatic rings. The third-order valence-electron chi connectivity index (χ3n) is 3.27. The van der Waals surface area contributed by atoms with Crippen molar-refractivity contribution in [3.63, 3.8) is 0 Å². The molecule has 0 aliphatic carbocycles. The standard InChI is InChI=1S/C16H13NO2/c1-10-6-13-14(7-11(10)2)19-15(16(13)18)8-12-4-3-5-17-9-12/h3-9H,1-2H3/b15-8-. The zero-order valence-electron chi connectivity index (χ0n) is 10.8. The molecule has 0 saturated carbocycles. The molecular formula is C16H13NO2. The number of ether oxygens (including phenoxy) is 1. The molecule has 3 heteroatoms. The first kappa shape index (κ1) is 11.7. The summed E-state index contributed by atoms with van der Waals surface area (Å²) in [6.07, 6.45) is 5.12. The first-order chi connectivity index (χ1) is 9.15. The summed E-state index contributed by atoms with van der Waals surface area (Å²) in [5.74, 6) is 0.929. The number of ketones is 1. The van der Waals surface area contributed by atoms with E-state index in [9.17, 15) is 4.79 Å². The van der Waals surface area contributed by atoms with Crippen LogP contribution in [0.2, 0.25) is 0 Å². The highest BCUT2D eigenvalue weighted by atomic mass is 16.5. The number of Topliss-reactive ketones (excluding diaryl/α,β-unsaturated/α-hetero) is 1. The van der Waals surface area contributed by atoms with Crippen molar-refractivity contribution in [2.45, 2.75) is 13.8 Å². The van der Waals surface area contributed by atoms with Crippen LogP contribution in [0.15, 0.2) is 42.4 Å². The van der Waals surface area contributed by atoms with Gasteiger partial charge in [-0.05, 0) is 54.8 Å². The van der Waals surface area contributed by atoms with Crippen molar-refractivity contribution < 1.29 is 9.53 Å². The zero-order valence-corrected chi connectivity index (χ0v) is 10.8. The number of aromatic nitrogens is 1. The predicted molar refractivity (Wildman–Crippen MR) is 73.1 cm³/mol. The molecule has 0 amide bonds. The van der Waals surface area contributed by atoms with E-state index in [1.54, 1.807) is 18.5 Å². The summed E-state index contributed by atoms with van der Waals surface area (Å²) in [5.41, 5.74) is 3.71. The van der Waals surface area contributed by atoms with Crippen LogP contribution in [-0.2, 0) is 0 Å². The normalized spacial score (nSPS) is 15.5. The van der Waals surface area contributed by atoms with Gasteiger partial charge in [0.1, 0.15) is 5.75 Å². The highest BCUT2D eigenvalue weighted by Gasteiger charge is 2.27. The highest BCUT2D eigenvalue weighted by Crippen LogP contribution is 2.33. The summed E-state index contributed by atoms with van der Waals surface area (Å²) in [5, 5.41) is 0. The topological polar surface area (TPSA) is 39.2 Å². The van der Waals surface area contributed by atoms with Crippen LogP contribution in [0, 0.1) is 13.8 Å². The van der Waals surface area contributed by atoms with Gasteiger partial charge < -0.3 is 4.74 Å². The first-order valence-electron chi connectivity index (χ1n) is 6.10. The highest BCUT2D eigenvalue weighted by molar-refractivity contribution is 6.14. The van der Waals surface area contributed by atoms with Crippen LogP contribution < -0.4 is 4.74 Å². The first-order valence-corrected chi connectivity index (χ1v) is 6.10. The Morgan fingerprint density at radius 1 is 1.21 bits per heavy atom. The van der Waals surface area contributed by atoms with E-state index in [4.69, 9.17) is 4.74 Å². The van der Waals surface area contributed by atoms with Gasteiger partial charge in [0, 0.05) is 12.4 Å². The van der Waals surface area contributed by atoms with E-state index < -0.39 is 0 Å². The average molecular weight is 251 g/mol. The second-order valence-electron chi connectivity index (χ2n) is 4.66. The lowest BCUT2D eigenvalue weighted by Gasteiger charge is -2.02. The number of benzene rings is 1. The molecule has 0 saturated heterocycles. The lowest BCUT2D eigenvalue weighted by molar-refractivity contribution is 0.101. The molecule has 0 bridgehead atoms. The largest absolute Gasteiger partial charge is 0.452 e. The predicted octanol–water partition coefficient (Wildman–Crippen LogP) is 3.31. The van der Waals surface area contributed by atoms with Crippen molar-refractivity contribution >= 4 is 11.9 Å². The Balaban J connectivity index is 2.02. The molecule has 3 nitrogen and oxygen atoms in total. The average Bonchev–Trinajstić information content (AvgIpc) is 2.69. The molecule has 0 radical (unpaired) electrons. The lowest BCUT2D eigenvalue weighted by Crippen LogP contribution is -1.98. The molecule has 1 aromatic heterocycles. The minimum absolute atomic E-state index is 0.0676. The number of nitrogens with zero attached hydrogens (tertiary/aromatic N) is 1. The van der Waals surface area contributed by atoms with Gasteiger partial charge in [-0.3, -0.25) is 9.78 Å². The van der Waals surface area contributed by atoms with Crippen molar-refractivity contribution in [1.29, 1.82) is 0 Å². The summed E-state index contributed by atoms with van der Waals surface area (Å²) < 4.78 is 5.64. The third kappa shape index (κ3) is 2.03. The minimum Gasteiger partial charge on any atom is -0.452 e. The van der Waals surface area contributed by atoms with Crippen LogP contribution in [0.25, 0.3) is 6.08 Å². The Morgan fingerprint density at radius 3 is 2.74 bits per heavy atom. The van der Waals surface area contributed by atoms with Gasteiger partial charge in [-0.1, -0.05) is 6.07 Å². The summed E-state index contributed by atoms with van der Waals surface area (Å²) >= 11 is 0. The fourth-order valence-electron chi connectivity index (χ4n) is 2.06. The van der Waals surface area contributed by atoms with Gasteiger partial charge in [0.2, 0.25) is 5.78 Å². The van der Waals surface area contributed by atoms with Crippen molar-refractivity contribution in [1.82, 2.24) is 4.98 Å². The molecule has 0 fully saturated rings. The van der Waals surface area contributed by atoms with Crippen LogP contribution in [0.1, 0.15) is 27.0 Å². The second-order valence-corrected chi connectivity index (χ2v) is 4.66. The smallest absolute Gasteiger partial charge is 0.231 e. The van der Waals surface area contributed by atoms with Crippen LogP contribution in [0.3, 0.4) is 0 Å². The van der Waals surface area contributed by atoms with E-state index >= 15 is 0 Å². The van der Waals surface area contributed by atoms with Crippen molar-refractivity contribution in [3.8, 4) is 5.75 Å². The molecule has 0 atom stereocenters. The third-order valence-corrected chi connectivity index (χ3v) is 3.27. The Kier molecular flexibility index (Phi) is 2.67. The quantitative estimate of drug-likeness (QED) is 0.730. The summed E-state index contributed by atoms with van der Waals surface area (Å²) in [7, 11) is 0. The number of aryl methyl sites for hydroxylation is 2. The molecule has 0 unspecified atom stereocenters. The van der Waals surface area contributed by atoms with Gasteiger partial charge in [-0.15, -0.1) is 0 Å². The molecule has 3 rings (SSSR count). The number of hydrogen-bond acceptors (Lipinski definition) is 3. The van der Waals surface area contributed by atoms with E-state index in [1.807, 2.05) is 38.1 Å². The van der Waals surface area contributed by atoms with E-state index in [0.29, 0.717) is 17.1 Å². The van der Waals surface area contributed by atoms with E-state index in [1.165, 1.54) is 0 Å². The minimum atomic E-state index is -0.0676. The Hall–Kier alpha value is -2.42. The molecule has 1 aliphatic rings. The van der Waals surface area contributed by atoms with Crippen molar-refractivity contribution in [3.05, 3.63) is 64.7 Å². The summed E-state index contributed by atoms with van der Waals surface area (Å²) in [6, 6.07) is 7.51. The monoisotopic (exact) mass is 251 g/mol. The number of fused-ring (bicyclic) bond motifs is 1. The van der Waals surface area contributed by atoms with E-state index in [0.717, 1.165) is 16.7 Å². The number of allylic oxidation sites excluding steroid dienone is 1. The Morgan fingerprint density at radius 2 is 2.00 bits per heavy atom. The maximum absolute atomic E-state index is 12.3. The summed E-state index contributed by atoms with van der Waals surface area (Å²) in [6.45, 7) is 4.00. The maximum Gasteiger partial charge on any atom is 0.231 e. The van der Waals surface area contributed by atoms with Crippen molar-refractivity contribution in [2.75, 3.05) is 0 Å². The van der Waals surface area contributed by atoms with Crippen LogP contribution >= 0.6 is 0 Å². The molecule has 19 heavy (non-hydrogen) atoms. The van der Waals surface area contributed by atoms with E-state index in [2.05, 4.69) is 4.98 Å². The van der Waals surface area contributed by atoms with Crippen LogP contribution in [0.4, 0.5) is 0 Å². The molecular weight excluding hydrogens is 238 g/mol. The maximum atomic E-state index is 12.3.